The summed E-state index contributed by atoms with van der Waals surface area (Å²) in [4.78, 5) is 31.9. The second-order valence-electron chi connectivity index (χ2n) is 3.74. The smallest absolute Gasteiger partial charge is 0.358 e. The summed E-state index contributed by atoms with van der Waals surface area (Å²) in [6.45, 7) is 0.270. The lowest BCUT2D eigenvalue weighted by molar-refractivity contribution is -0.117. The standard InChI is InChI=1S/C11H8BrN3O3/c1-2-6-3-8(16)15(5-6)10-9(11(17)18)14-7(12)4-13-10/h1,4,6H,3,5H2,(H,17,18). The van der Waals surface area contributed by atoms with Crippen molar-refractivity contribution in [1.29, 1.82) is 0 Å². The van der Waals surface area contributed by atoms with Crippen LogP contribution in [0.15, 0.2) is 10.8 Å². The van der Waals surface area contributed by atoms with Crippen LogP contribution in [-0.2, 0) is 4.79 Å². The molecular formula is C11H8BrN3O3. The number of aromatic nitrogens is 2. The number of carbonyl (C=O) groups excluding carboxylic acids is 1. The summed E-state index contributed by atoms with van der Waals surface area (Å²) in [5.41, 5.74) is -0.268. The van der Waals surface area contributed by atoms with Crippen molar-refractivity contribution in [1.82, 2.24) is 9.97 Å². The van der Waals surface area contributed by atoms with Gasteiger partial charge in [0.1, 0.15) is 4.60 Å². The predicted molar refractivity (Wildman–Crippen MR) is 66.0 cm³/mol. The molecule has 1 unspecified atom stereocenters. The van der Waals surface area contributed by atoms with Crippen molar-refractivity contribution >= 4 is 33.6 Å². The number of carboxylic acids is 1. The van der Waals surface area contributed by atoms with Crippen molar-refractivity contribution in [2.75, 3.05) is 11.4 Å². The van der Waals surface area contributed by atoms with Gasteiger partial charge in [0.15, 0.2) is 11.5 Å². The van der Waals surface area contributed by atoms with Crippen LogP contribution in [0.25, 0.3) is 0 Å². The summed E-state index contributed by atoms with van der Waals surface area (Å²) in [5.74, 6) is 0.826. The summed E-state index contributed by atoms with van der Waals surface area (Å²) >= 11 is 3.04. The lowest BCUT2D eigenvalue weighted by atomic mass is 10.1. The van der Waals surface area contributed by atoms with Crippen LogP contribution in [0.3, 0.4) is 0 Å². The van der Waals surface area contributed by atoms with Crippen LogP contribution < -0.4 is 4.90 Å². The lowest BCUT2D eigenvalue weighted by Gasteiger charge is -2.16. The van der Waals surface area contributed by atoms with Crippen LogP contribution >= 0.6 is 15.9 Å². The molecule has 0 saturated carbocycles. The van der Waals surface area contributed by atoms with Gasteiger partial charge in [-0.1, -0.05) is 0 Å². The monoisotopic (exact) mass is 309 g/mol. The average Bonchev–Trinajstić information content (AvgIpc) is 2.70. The first-order valence-electron chi connectivity index (χ1n) is 5.05. The molecule has 1 aliphatic rings. The predicted octanol–water partition coefficient (Wildman–Crippen LogP) is 0.923. The molecule has 2 rings (SSSR count). The first-order chi connectivity index (χ1) is 8.52. The highest BCUT2D eigenvalue weighted by atomic mass is 79.9. The van der Waals surface area contributed by atoms with E-state index in [-0.39, 0.29) is 36.3 Å². The molecule has 0 spiro atoms. The molecule has 1 N–H and O–H groups in total. The van der Waals surface area contributed by atoms with E-state index >= 15 is 0 Å². The van der Waals surface area contributed by atoms with Gasteiger partial charge in [0.25, 0.3) is 0 Å². The summed E-state index contributed by atoms with van der Waals surface area (Å²) < 4.78 is 0.295. The number of halogens is 1. The maximum absolute atomic E-state index is 11.8. The highest BCUT2D eigenvalue weighted by Gasteiger charge is 2.33. The normalized spacial score (nSPS) is 18.8. The zero-order chi connectivity index (χ0) is 13.3. The molecule has 6 nitrogen and oxygen atoms in total. The Bertz CT molecular complexity index is 567. The second kappa shape index (κ2) is 4.74. The number of carbonyl (C=O) groups is 2. The van der Waals surface area contributed by atoms with Gasteiger partial charge in [-0.05, 0) is 15.9 Å². The van der Waals surface area contributed by atoms with Crippen LogP contribution in [0.4, 0.5) is 5.82 Å². The zero-order valence-electron chi connectivity index (χ0n) is 9.13. The Morgan fingerprint density at radius 3 is 2.94 bits per heavy atom. The second-order valence-corrected chi connectivity index (χ2v) is 4.55. The van der Waals surface area contributed by atoms with Gasteiger partial charge in [0.2, 0.25) is 5.91 Å². The summed E-state index contributed by atoms with van der Waals surface area (Å²) in [7, 11) is 0. The molecule has 7 heteroatoms. The van der Waals surface area contributed by atoms with E-state index in [0.29, 0.717) is 4.60 Å². The first kappa shape index (κ1) is 12.5. The third-order valence-electron chi connectivity index (χ3n) is 2.54. The molecule has 2 heterocycles. The number of rotatable bonds is 2. The van der Waals surface area contributed by atoms with Crippen LogP contribution in [0.1, 0.15) is 16.9 Å². The molecule has 0 aliphatic carbocycles. The summed E-state index contributed by atoms with van der Waals surface area (Å²) in [6, 6.07) is 0. The molecule has 1 aliphatic heterocycles. The number of anilines is 1. The number of hydrogen-bond acceptors (Lipinski definition) is 4. The Morgan fingerprint density at radius 2 is 2.39 bits per heavy atom. The zero-order valence-corrected chi connectivity index (χ0v) is 10.7. The fourth-order valence-corrected chi connectivity index (χ4v) is 2.01. The minimum atomic E-state index is -1.24. The Balaban J connectivity index is 2.43. The van der Waals surface area contributed by atoms with E-state index in [2.05, 4.69) is 31.8 Å². The minimum Gasteiger partial charge on any atom is -0.476 e. The van der Waals surface area contributed by atoms with Crippen LogP contribution in [-0.4, -0.2) is 33.5 Å². The maximum atomic E-state index is 11.8. The maximum Gasteiger partial charge on any atom is 0.358 e. The van der Waals surface area contributed by atoms with E-state index in [9.17, 15) is 9.59 Å². The molecule has 1 aromatic heterocycles. The number of nitrogens with zero attached hydrogens (tertiary/aromatic N) is 3. The fourth-order valence-electron chi connectivity index (χ4n) is 1.73. The Kier molecular flexibility index (Phi) is 3.30. The molecular weight excluding hydrogens is 302 g/mol. The van der Waals surface area contributed by atoms with Gasteiger partial charge in [-0.3, -0.25) is 9.69 Å². The molecule has 0 bridgehead atoms. The number of hydrogen-bond donors (Lipinski definition) is 1. The first-order valence-corrected chi connectivity index (χ1v) is 5.84. The molecule has 0 aromatic carbocycles. The van der Waals surface area contributed by atoms with E-state index in [4.69, 9.17) is 11.5 Å². The van der Waals surface area contributed by atoms with E-state index in [1.165, 1.54) is 11.1 Å². The Morgan fingerprint density at radius 1 is 1.67 bits per heavy atom. The SMILES string of the molecule is C#CC1CC(=O)N(c2ncc(Br)nc2C(=O)O)C1. The van der Waals surface area contributed by atoms with Crippen molar-refractivity contribution in [3.05, 3.63) is 16.5 Å². The highest BCUT2D eigenvalue weighted by molar-refractivity contribution is 9.10. The number of terminal acetylenes is 1. The van der Waals surface area contributed by atoms with E-state index < -0.39 is 5.97 Å². The highest BCUT2D eigenvalue weighted by Crippen LogP contribution is 2.26. The van der Waals surface area contributed by atoms with Crippen LogP contribution in [0.5, 0.6) is 0 Å². The topological polar surface area (TPSA) is 83.4 Å². The van der Waals surface area contributed by atoms with E-state index in [1.54, 1.807) is 0 Å². The third kappa shape index (κ3) is 2.19. The van der Waals surface area contributed by atoms with Gasteiger partial charge in [-0.15, -0.1) is 12.3 Å². The average molecular weight is 310 g/mol. The molecule has 1 fully saturated rings. The molecule has 1 aromatic rings. The number of aromatic carboxylic acids is 1. The van der Waals surface area contributed by atoms with E-state index in [1.807, 2.05) is 0 Å². The fraction of sp³-hybridized carbons (Fsp3) is 0.273. The number of carboxylic acid groups (broad SMARTS) is 1. The molecule has 92 valence electrons. The third-order valence-corrected chi connectivity index (χ3v) is 2.92. The van der Waals surface area contributed by atoms with Crippen LogP contribution in [0, 0.1) is 18.3 Å². The quantitative estimate of drug-likeness (QED) is 0.821. The Labute approximate surface area is 111 Å². The van der Waals surface area contributed by atoms with Gasteiger partial charge in [0.05, 0.1) is 6.20 Å². The largest absolute Gasteiger partial charge is 0.476 e. The van der Waals surface area contributed by atoms with Crippen molar-refractivity contribution < 1.29 is 14.7 Å². The van der Waals surface area contributed by atoms with E-state index in [0.717, 1.165) is 0 Å². The van der Waals surface area contributed by atoms with Crippen molar-refractivity contribution in [2.45, 2.75) is 6.42 Å². The number of amides is 1. The Hall–Kier alpha value is -1.94. The van der Waals surface area contributed by atoms with Gasteiger partial charge in [0, 0.05) is 18.9 Å². The summed E-state index contributed by atoms with van der Waals surface area (Å²) in [5, 5.41) is 9.06. The van der Waals surface area contributed by atoms with Gasteiger partial charge in [-0.25, -0.2) is 14.8 Å². The molecule has 1 amide bonds. The molecule has 18 heavy (non-hydrogen) atoms. The van der Waals surface area contributed by atoms with Crippen molar-refractivity contribution in [3.8, 4) is 12.3 Å². The van der Waals surface area contributed by atoms with Crippen molar-refractivity contribution in [3.63, 3.8) is 0 Å². The molecule has 1 atom stereocenters. The van der Waals surface area contributed by atoms with Gasteiger partial charge < -0.3 is 5.11 Å². The van der Waals surface area contributed by atoms with Crippen LogP contribution in [0.2, 0.25) is 0 Å². The van der Waals surface area contributed by atoms with Gasteiger partial charge >= 0.3 is 5.97 Å². The van der Waals surface area contributed by atoms with Gasteiger partial charge in [-0.2, -0.15) is 0 Å². The van der Waals surface area contributed by atoms with Crippen molar-refractivity contribution in [2.24, 2.45) is 5.92 Å². The summed E-state index contributed by atoms with van der Waals surface area (Å²) in [6.07, 6.45) is 6.82. The lowest BCUT2D eigenvalue weighted by Crippen LogP contribution is -2.28. The minimum absolute atomic E-state index is 0.0356. The molecule has 0 radical (unpaired) electrons. The molecule has 1 saturated heterocycles.